The molecule has 2 heterocycles. The number of carbonyl (C=O) groups excluding carboxylic acids is 1. The Hall–Kier alpha value is -1.56. The van der Waals surface area contributed by atoms with Crippen LogP contribution in [0.2, 0.25) is 0 Å². The van der Waals surface area contributed by atoms with E-state index in [1.165, 1.54) is 10.9 Å². The number of anilines is 1. The molecule has 1 aliphatic heterocycles. The quantitative estimate of drug-likeness (QED) is 0.679. The number of aliphatic hydroxyl groups is 1. The van der Waals surface area contributed by atoms with Crippen molar-refractivity contribution in [3.8, 4) is 0 Å². The molecule has 0 aliphatic carbocycles. The van der Waals surface area contributed by atoms with Gasteiger partial charge < -0.3 is 15.7 Å². The number of carbonyl (C=O) groups is 1. The van der Waals surface area contributed by atoms with Gasteiger partial charge in [-0.25, -0.2) is 0 Å². The fraction of sp³-hybridized carbons (Fsp3) is 0.600. The van der Waals surface area contributed by atoms with Gasteiger partial charge in [0.05, 0.1) is 11.8 Å². The number of nitrogens with two attached hydrogens (primary N) is 1. The number of likely N-dealkylation sites (tertiary alicyclic amines) is 1. The molecule has 1 aliphatic rings. The van der Waals surface area contributed by atoms with Gasteiger partial charge in [0.1, 0.15) is 11.4 Å². The molecule has 6 heteroatoms. The van der Waals surface area contributed by atoms with Gasteiger partial charge in [-0.1, -0.05) is 0 Å². The second-order valence-electron chi connectivity index (χ2n) is 4.54. The second kappa shape index (κ2) is 3.48. The van der Waals surface area contributed by atoms with E-state index >= 15 is 0 Å². The molecule has 1 unspecified atom stereocenters. The van der Waals surface area contributed by atoms with Gasteiger partial charge in [0, 0.05) is 20.1 Å². The summed E-state index contributed by atoms with van der Waals surface area (Å²) in [5.74, 6) is 0.194. The molecule has 0 aromatic carbocycles. The minimum atomic E-state index is -0.785. The monoisotopic (exact) mass is 224 g/mol. The predicted molar refractivity (Wildman–Crippen MR) is 58.8 cm³/mol. The smallest absolute Gasteiger partial charge is 0.259 e. The number of amides is 1. The molecule has 1 aromatic rings. The van der Waals surface area contributed by atoms with Gasteiger partial charge in [-0.05, 0) is 13.3 Å². The van der Waals surface area contributed by atoms with Crippen molar-refractivity contribution in [3.63, 3.8) is 0 Å². The summed E-state index contributed by atoms with van der Waals surface area (Å²) in [7, 11) is 1.69. The van der Waals surface area contributed by atoms with E-state index in [0.717, 1.165) is 0 Å². The highest BCUT2D eigenvalue weighted by Crippen LogP contribution is 2.23. The SMILES string of the molecule is Cn1ncc(C(=O)N2CCC(C)(O)C2)c1N. The van der Waals surface area contributed by atoms with Crippen molar-refractivity contribution in [3.05, 3.63) is 11.8 Å². The Morgan fingerprint density at radius 3 is 2.81 bits per heavy atom. The first-order valence-corrected chi connectivity index (χ1v) is 5.20. The molecule has 3 N–H and O–H groups in total. The lowest BCUT2D eigenvalue weighted by molar-refractivity contribution is 0.0572. The molecule has 16 heavy (non-hydrogen) atoms. The summed E-state index contributed by atoms with van der Waals surface area (Å²) in [6.07, 6.45) is 2.06. The first-order chi connectivity index (χ1) is 7.41. The van der Waals surface area contributed by atoms with E-state index < -0.39 is 5.60 Å². The van der Waals surface area contributed by atoms with E-state index in [4.69, 9.17) is 5.73 Å². The summed E-state index contributed by atoms with van der Waals surface area (Å²) in [5.41, 5.74) is 5.35. The van der Waals surface area contributed by atoms with Crippen LogP contribution < -0.4 is 5.73 Å². The van der Waals surface area contributed by atoms with Crippen LogP contribution in [-0.4, -0.2) is 44.4 Å². The second-order valence-corrected chi connectivity index (χ2v) is 4.54. The molecule has 1 saturated heterocycles. The molecular formula is C10H16N4O2. The predicted octanol–water partition coefficient (Wildman–Crippen LogP) is -0.401. The lowest BCUT2D eigenvalue weighted by Crippen LogP contribution is -2.34. The zero-order chi connectivity index (χ0) is 11.9. The van der Waals surface area contributed by atoms with Gasteiger partial charge in [0.25, 0.3) is 5.91 Å². The first-order valence-electron chi connectivity index (χ1n) is 5.20. The van der Waals surface area contributed by atoms with E-state index in [2.05, 4.69) is 5.10 Å². The van der Waals surface area contributed by atoms with Crippen LogP contribution in [-0.2, 0) is 7.05 Å². The Morgan fingerprint density at radius 1 is 1.69 bits per heavy atom. The highest BCUT2D eigenvalue weighted by atomic mass is 16.3. The summed E-state index contributed by atoms with van der Waals surface area (Å²) in [5, 5.41) is 13.7. The molecule has 0 bridgehead atoms. The maximum atomic E-state index is 12.1. The number of rotatable bonds is 1. The zero-order valence-electron chi connectivity index (χ0n) is 9.47. The maximum absolute atomic E-state index is 12.1. The van der Waals surface area contributed by atoms with Crippen LogP contribution in [0.25, 0.3) is 0 Å². The molecule has 2 rings (SSSR count). The normalized spacial score (nSPS) is 25.1. The van der Waals surface area contributed by atoms with Crippen LogP contribution in [0.3, 0.4) is 0 Å². The molecule has 0 saturated carbocycles. The molecule has 1 atom stereocenters. The molecular weight excluding hydrogens is 208 g/mol. The van der Waals surface area contributed by atoms with Crippen LogP contribution in [0.15, 0.2) is 6.20 Å². The summed E-state index contributed by atoms with van der Waals surface area (Å²) in [6.45, 7) is 2.63. The van der Waals surface area contributed by atoms with Crippen molar-refractivity contribution >= 4 is 11.7 Å². The lowest BCUT2D eigenvalue weighted by atomic mass is 10.1. The van der Waals surface area contributed by atoms with Crippen LogP contribution in [0.4, 0.5) is 5.82 Å². The van der Waals surface area contributed by atoms with Crippen molar-refractivity contribution in [2.45, 2.75) is 18.9 Å². The van der Waals surface area contributed by atoms with Crippen LogP contribution in [0.1, 0.15) is 23.7 Å². The third kappa shape index (κ3) is 1.76. The van der Waals surface area contributed by atoms with E-state index in [1.807, 2.05) is 0 Å². The fourth-order valence-corrected chi connectivity index (χ4v) is 1.90. The number of nitrogens with zero attached hydrogens (tertiary/aromatic N) is 3. The van der Waals surface area contributed by atoms with E-state index in [9.17, 15) is 9.90 Å². The molecule has 1 amide bonds. The fourth-order valence-electron chi connectivity index (χ4n) is 1.90. The van der Waals surface area contributed by atoms with Gasteiger partial charge in [-0.3, -0.25) is 9.48 Å². The van der Waals surface area contributed by atoms with Crippen molar-refractivity contribution < 1.29 is 9.90 Å². The number of aryl methyl sites for hydroxylation is 1. The minimum absolute atomic E-state index is 0.164. The summed E-state index contributed by atoms with van der Waals surface area (Å²) >= 11 is 0. The molecule has 6 nitrogen and oxygen atoms in total. The van der Waals surface area contributed by atoms with Crippen LogP contribution in [0, 0.1) is 0 Å². The van der Waals surface area contributed by atoms with E-state index in [1.54, 1.807) is 18.9 Å². The van der Waals surface area contributed by atoms with Crippen molar-refractivity contribution in [1.82, 2.24) is 14.7 Å². The Morgan fingerprint density at radius 2 is 2.38 bits per heavy atom. The topological polar surface area (TPSA) is 84.4 Å². The van der Waals surface area contributed by atoms with Crippen molar-refractivity contribution in [2.24, 2.45) is 7.05 Å². The number of hydrogen-bond donors (Lipinski definition) is 2. The highest BCUT2D eigenvalue weighted by molar-refractivity contribution is 5.98. The summed E-state index contributed by atoms with van der Waals surface area (Å²) in [4.78, 5) is 13.7. The summed E-state index contributed by atoms with van der Waals surface area (Å²) in [6, 6.07) is 0. The Labute approximate surface area is 93.6 Å². The standard InChI is InChI=1S/C10H16N4O2/c1-10(16)3-4-14(6-10)9(15)7-5-12-13(2)8(7)11/h5,16H,3-4,6,11H2,1-2H3. The molecule has 1 fully saturated rings. The van der Waals surface area contributed by atoms with E-state index in [-0.39, 0.29) is 5.91 Å². The Bertz CT molecular complexity index is 424. The van der Waals surface area contributed by atoms with Gasteiger partial charge in [-0.15, -0.1) is 0 Å². The van der Waals surface area contributed by atoms with Crippen molar-refractivity contribution in [2.75, 3.05) is 18.8 Å². The number of aromatic nitrogens is 2. The van der Waals surface area contributed by atoms with Crippen LogP contribution >= 0.6 is 0 Å². The Balaban J connectivity index is 2.18. The van der Waals surface area contributed by atoms with E-state index in [0.29, 0.717) is 30.9 Å². The highest BCUT2D eigenvalue weighted by Gasteiger charge is 2.35. The largest absolute Gasteiger partial charge is 0.388 e. The third-order valence-electron chi connectivity index (χ3n) is 2.95. The minimum Gasteiger partial charge on any atom is -0.388 e. The van der Waals surface area contributed by atoms with Crippen LogP contribution in [0.5, 0.6) is 0 Å². The summed E-state index contributed by atoms with van der Waals surface area (Å²) < 4.78 is 1.46. The maximum Gasteiger partial charge on any atom is 0.259 e. The molecule has 88 valence electrons. The number of hydrogen-bond acceptors (Lipinski definition) is 4. The van der Waals surface area contributed by atoms with Gasteiger partial charge in [0.2, 0.25) is 0 Å². The average Bonchev–Trinajstić information content (AvgIpc) is 2.71. The van der Waals surface area contributed by atoms with Gasteiger partial charge in [0.15, 0.2) is 0 Å². The molecule has 0 spiro atoms. The number of nitrogen functional groups attached to an aromatic ring is 1. The Kier molecular flexibility index (Phi) is 2.38. The van der Waals surface area contributed by atoms with Crippen molar-refractivity contribution in [1.29, 1.82) is 0 Å². The lowest BCUT2D eigenvalue weighted by Gasteiger charge is -2.18. The first kappa shape index (κ1) is 10.9. The zero-order valence-corrected chi connectivity index (χ0v) is 9.47. The molecule has 0 radical (unpaired) electrons. The van der Waals surface area contributed by atoms with Gasteiger partial charge >= 0.3 is 0 Å². The third-order valence-corrected chi connectivity index (χ3v) is 2.95. The van der Waals surface area contributed by atoms with Gasteiger partial charge in [-0.2, -0.15) is 5.10 Å². The number of β-amino-alcohol motifs (C(OH)–C–C–N with tert-alkyl or cyclic N) is 1. The molecule has 1 aromatic heterocycles. The average molecular weight is 224 g/mol.